The molecule has 3 aliphatic heterocycles. The average molecular weight is 548 g/mol. The summed E-state index contributed by atoms with van der Waals surface area (Å²) in [6.07, 6.45) is 9.94. The van der Waals surface area contributed by atoms with Crippen LogP contribution in [-0.2, 0) is 20.9 Å². The zero-order chi connectivity index (χ0) is 27.6. The zero-order valence-electron chi connectivity index (χ0n) is 22.9. The Bertz CT molecular complexity index is 1500. The summed E-state index contributed by atoms with van der Waals surface area (Å²) in [6.45, 7) is 1.81. The van der Waals surface area contributed by atoms with Crippen molar-refractivity contribution in [3.05, 3.63) is 138 Å². The van der Waals surface area contributed by atoms with E-state index in [-0.39, 0.29) is 24.1 Å². The molecule has 4 aliphatic rings. The maximum Gasteiger partial charge on any atom is 0.277 e. The Balaban J connectivity index is 1.41. The molecule has 2 unspecified atom stereocenters. The highest BCUT2D eigenvalue weighted by atomic mass is 16.5. The Morgan fingerprint density at radius 3 is 2.44 bits per heavy atom. The van der Waals surface area contributed by atoms with Crippen LogP contribution in [0.5, 0.6) is 5.75 Å². The second-order valence-corrected chi connectivity index (χ2v) is 10.8. The number of ether oxygens (including phenoxy) is 3. The van der Waals surface area contributed by atoms with Gasteiger partial charge in [-0.15, -0.1) is 0 Å². The van der Waals surface area contributed by atoms with Crippen LogP contribution in [0.2, 0.25) is 0 Å². The molecule has 1 amide bonds. The fourth-order valence-corrected chi connectivity index (χ4v) is 5.92. The van der Waals surface area contributed by atoms with Crippen molar-refractivity contribution in [1.29, 1.82) is 0 Å². The largest absolute Gasteiger partial charge is 0.489 e. The number of benzene rings is 3. The van der Waals surface area contributed by atoms with Gasteiger partial charge in [0.15, 0.2) is 11.5 Å². The van der Waals surface area contributed by atoms with Gasteiger partial charge in [-0.25, -0.2) is 0 Å². The van der Waals surface area contributed by atoms with Gasteiger partial charge < -0.3 is 19.1 Å². The van der Waals surface area contributed by atoms with E-state index in [1.165, 1.54) is 0 Å². The Kier molecular flexibility index (Phi) is 6.82. The lowest BCUT2D eigenvalue weighted by Crippen LogP contribution is -2.60. The SMILES string of the molecule is O=C1/C2=C(\OCc3ccccc3)COC/C=C\N2N2CN1C1(/C=C/COc3ccccc3C2c2ccccc2)CC1. The molecule has 2 atom stereocenters. The summed E-state index contributed by atoms with van der Waals surface area (Å²) in [5, 5.41) is 4.26. The molecule has 0 radical (unpaired) electrons. The van der Waals surface area contributed by atoms with E-state index >= 15 is 0 Å². The first-order valence-electron chi connectivity index (χ1n) is 14.2. The second kappa shape index (κ2) is 10.9. The summed E-state index contributed by atoms with van der Waals surface area (Å²) in [6, 6.07) is 28.4. The standard InChI is InChI=1S/C34H33N3O4/c38-33-32-30(41-23-26-11-3-1-4-12-26)24-39-21-10-20-36(32)37-25-35(33)34(18-19-34)17-9-22-40-29-16-8-7-15-28(29)31(37)27-13-5-2-6-14-27/h1-17,20,31H,18-19,21-25H2/b17-9+,20-10-,32-30+. The van der Waals surface area contributed by atoms with Crippen molar-refractivity contribution in [3.63, 3.8) is 0 Å². The lowest BCUT2D eigenvalue weighted by atomic mass is 9.96. The molecule has 3 heterocycles. The number of hydrazine groups is 1. The fourth-order valence-electron chi connectivity index (χ4n) is 5.92. The van der Waals surface area contributed by atoms with E-state index in [2.05, 4.69) is 47.5 Å². The lowest BCUT2D eigenvalue weighted by Gasteiger charge is -2.50. The van der Waals surface area contributed by atoms with Crippen molar-refractivity contribution >= 4 is 5.91 Å². The van der Waals surface area contributed by atoms with Gasteiger partial charge in [-0.05, 0) is 42.2 Å². The van der Waals surface area contributed by atoms with Crippen molar-refractivity contribution in [3.8, 4) is 5.75 Å². The average Bonchev–Trinajstić information content (AvgIpc) is 3.79. The molecule has 3 aromatic carbocycles. The van der Waals surface area contributed by atoms with Crippen LogP contribution >= 0.6 is 0 Å². The summed E-state index contributed by atoms with van der Waals surface area (Å²) in [5.74, 6) is 1.30. The summed E-state index contributed by atoms with van der Waals surface area (Å²) in [7, 11) is 0. The third kappa shape index (κ3) is 4.92. The Hall–Kier alpha value is -4.33. The van der Waals surface area contributed by atoms with Crippen LogP contribution in [0, 0.1) is 0 Å². The van der Waals surface area contributed by atoms with Crippen LogP contribution in [0.15, 0.2) is 121 Å². The molecule has 2 fully saturated rings. The number of rotatable bonds is 4. The molecule has 7 nitrogen and oxygen atoms in total. The molecule has 0 aromatic heterocycles. The number of para-hydroxylation sites is 1. The molecule has 1 aliphatic carbocycles. The van der Waals surface area contributed by atoms with Crippen LogP contribution in [0.4, 0.5) is 0 Å². The number of amides is 1. The summed E-state index contributed by atoms with van der Waals surface area (Å²) >= 11 is 0. The fraction of sp³-hybridized carbons (Fsp3) is 0.265. The van der Waals surface area contributed by atoms with E-state index in [0.717, 1.165) is 35.3 Å². The van der Waals surface area contributed by atoms with Gasteiger partial charge in [-0.2, -0.15) is 5.01 Å². The molecule has 7 heteroatoms. The number of fused-ring (bicyclic) bond motifs is 6. The van der Waals surface area contributed by atoms with Crippen LogP contribution in [0.1, 0.15) is 35.6 Å². The molecule has 7 rings (SSSR count). The first kappa shape index (κ1) is 25.6. The van der Waals surface area contributed by atoms with Gasteiger partial charge in [-0.3, -0.25) is 9.80 Å². The number of carbonyl (C=O) groups excluding carboxylic acids is 1. The minimum atomic E-state index is -0.354. The molecule has 1 saturated heterocycles. The van der Waals surface area contributed by atoms with E-state index in [4.69, 9.17) is 14.2 Å². The van der Waals surface area contributed by atoms with Crippen LogP contribution < -0.4 is 4.74 Å². The molecular formula is C34H33N3O4. The second-order valence-electron chi connectivity index (χ2n) is 10.8. The Labute approximate surface area is 240 Å². The third-order valence-corrected chi connectivity index (χ3v) is 8.14. The molecule has 41 heavy (non-hydrogen) atoms. The molecule has 2 bridgehead atoms. The predicted molar refractivity (Wildman–Crippen MR) is 155 cm³/mol. The van der Waals surface area contributed by atoms with Gasteiger partial charge in [0.25, 0.3) is 5.91 Å². The molecule has 1 saturated carbocycles. The highest BCUT2D eigenvalue weighted by Gasteiger charge is 2.54. The van der Waals surface area contributed by atoms with Crippen LogP contribution in [0.3, 0.4) is 0 Å². The topological polar surface area (TPSA) is 54.5 Å². The zero-order valence-corrected chi connectivity index (χ0v) is 22.9. The van der Waals surface area contributed by atoms with Gasteiger partial charge in [0.2, 0.25) is 0 Å². The van der Waals surface area contributed by atoms with Gasteiger partial charge in [-0.1, -0.05) is 84.9 Å². The van der Waals surface area contributed by atoms with E-state index in [9.17, 15) is 4.79 Å². The van der Waals surface area contributed by atoms with Crippen molar-refractivity contribution in [2.45, 2.75) is 31.0 Å². The van der Waals surface area contributed by atoms with Gasteiger partial charge in [0, 0.05) is 11.8 Å². The molecule has 3 aromatic rings. The van der Waals surface area contributed by atoms with E-state index in [1.807, 2.05) is 76.8 Å². The van der Waals surface area contributed by atoms with Crippen LogP contribution in [-0.4, -0.2) is 52.9 Å². The van der Waals surface area contributed by atoms with Crippen molar-refractivity contribution in [2.24, 2.45) is 0 Å². The highest BCUT2D eigenvalue weighted by Crippen LogP contribution is 2.48. The summed E-state index contributed by atoms with van der Waals surface area (Å²) in [5.41, 5.74) is 3.30. The van der Waals surface area contributed by atoms with Gasteiger partial charge in [0.05, 0.1) is 24.9 Å². The van der Waals surface area contributed by atoms with E-state index in [0.29, 0.717) is 37.9 Å². The smallest absolute Gasteiger partial charge is 0.277 e. The molecule has 208 valence electrons. The quantitative estimate of drug-likeness (QED) is 0.400. The minimum absolute atomic E-state index is 0.0538. The number of nitrogens with zero attached hydrogens (tertiary/aromatic N) is 3. The third-order valence-electron chi connectivity index (χ3n) is 8.14. The number of hydrogen-bond donors (Lipinski definition) is 0. The molecule has 0 N–H and O–H groups in total. The van der Waals surface area contributed by atoms with E-state index in [1.54, 1.807) is 0 Å². The maximum atomic E-state index is 14.5. The molecule has 1 spiro atoms. The Morgan fingerprint density at radius 1 is 0.878 bits per heavy atom. The monoisotopic (exact) mass is 547 g/mol. The van der Waals surface area contributed by atoms with Gasteiger partial charge in [0.1, 0.15) is 25.6 Å². The molecular weight excluding hydrogens is 514 g/mol. The van der Waals surface area contributed by atoms with Crippen molar-refractivity contribution < 1.29 is 19.0 Å². The summed E-state index contributed by atoms with van der Waals surface area (Å²) in [4.78, 5) is 16.5. The van der Waals surface area contributed by atoms with Crippen LogP contribution in [0.25, 0.3) is 0 Å². The highest BCUT2D eigenvalue weighted by molar-refractivity contribution is 5.95. The number of hydrogen-bond acceptors (Lipinski definition) is 6. The predicted octanol–water partition coefficient (Wildman–Crippen LogP) is 5.55. The summed E-state index contributed by atoms with van der Waals surface area (Å²) < 4.78 is 18.7. The minimum Gasteiger partial charge on any atom is -0.489 e. The Morgan fingerprint density at radius 2 is 1.63 bits per heavy atom. The van der Waals surface area contributed by atoms with Crippen molar-refractivity contribution in [2.75, 3.05) is 26.5 Å². The lowest BCUT2D eigenvalue weighted by molar-refractivity contribution is -0.153. The first-order valence-corrected chi connectivity index (χ1v) is 14.2. The normalized spacial score (nSPS) is 26.4. The van der Waals surface area contributed by atoms with Gasteiger partial charge >= 0.3 is 0 Å². The maximum absolute atomic E-state index is 14.5. The number of carbonyl (C=O) groups is 1. The van der Waals surface area contributed by atoms with Crippen molar-refractivity contribution in [1.82, 2.24) is 14.9 Å². The first-order chi connectivity index (χ1) is 20.2. The van der Waals surface area contributed by atoms with E-state index < -0.39 is 0 Å².